The lowest BCUT2D eigenvalue weighted by atomic mass is 10.1. The molecule has 30 heavy (non-hydrogen) atoms. The summed E-state index contributed by atoms with van der Waals surface area (Å²) in [5.41, 5.74) is 2.99. The van der Waals surface area contributed by atoms with Crippen molar-refractivity contribution in [2.45, 2.75) is 35.3 Å². The van der Waals surface area contributed by atoms with Gasteiger partial charge in [0.15, 0.2) is 0 Å². The monoisotopic (exact) mass is 464 g/mol. The summed E-state index contributed by atoms with van der Waals surface area (Å²) in [6.07, 6.45) is 3.90. The number of thioether (sulfide) groups is 2. The van der Waals surface area contributed by atoms with Gasteiger partial charge in [0.1, 0.15) is 0 Å². The van der Waals surface area contributed by atoms with Crippen LogP contribution in [-0.2, 0) is 15.8 Å². The topological polar surface area (TPSA) is 66.5 Å². The summed E-state index contributed by atoms with van der Waals surface area (Å²) in [5, 5.41) is 0. The summed E-state index contributed by atoms with van der Waals surface area (Å²) < 4.78 is 28.2. The highest BCUT2D eigenvalue weighted by molar-refractivity contribution is 7.98. The summed E-state index contributed by atoms with van der Waals surface area (Å²) in [7, 11) is -3.66. The molecule has 5 nitrogen and oxygen atoms in total. The molecule has 2 aromatic rings. The van der Waals surface area contributed by atoms with Gasteiger partial charge in [0.05, 0.1) is 10.5 Å². The molecule has 3 rings (SSSR count). The maximum atomic E-state index is 12.9. The minimum absolute atomic E-state index is 0.0808. The standard InChI is InChI=1S/C22H28N2O3S3/c1-17-7-3-4-8-18(17)16-29-14-11-23-30(26,27)19-9-10-21(28-2)20(15-19)22(25)24-12-5-6-13-24/h3-4,7-10,15,23H,5-6,11-14,16H2,1-2H3. The van der Waals surface area contributed by atoms with Gasteiger partial charge in [-0.2, -0.15) is 11.8 Å². The summed E-state index contributed by atoms with van der Waals surface area (Å²) in [5.74, 6) is 1.45. The van der Waals surface area contributed by atoms with Crippen molar-refractivity contribution >= 4 is 39.5 Å². The van der Waals surface area contributed by atoms with Crippen molar-refractivity contribution in [1.29, 1.82) is 0 Å². The fourth-order valence-corrected chi connectivity index (χ4v) is 6.09. The number of likely N-dealkylation sites (tertiary alicyclic amines) is 1. The van der Waals surface area contributed by atoms with Crippen LogP contribution in [0.4, 0.5) is 0 Å². The van der Waals surface area contributed by atoms with Crippen LogP contribution < -0.4 is 4.72 Å². The van der Waals surface area contributed by atoms with Gasteiger partial charge in [-0.15, -0.1) is 11.8 Å². The van der Waals surface area contributed by atoms with Gasteiger partial charge >= 0.3 is 0 Å². The van der Waals surface area contributed by atoms with Crippen LogP contribution in [0, 0.1) is 6.92 Å². The molecule has 1 N–H and O–H groups in total. The molecule has 1 aliphatic rings. The van der Waals surface area contributed by atoms with E-state index in [0.717, 1.165) is 36.6 Å². The number of sulfonamides is 1. The SMILES string of the molecule is CSc1ccc(S(=O)(=O)NCCSCc2ccccc2C)cc1C(=O)N1CCCC1. The van der Waals surface area contributed by atoms with Gasteiger partial charge in [0.25, 0.3) is 5.91 Å². The Labute approximate surface area is 188 Å². The zero-order valence-electron chi connectivity index (χ0n) is 17.4. The summed E-state index contributed by atoms with van der Waals surface area (Å²) in [6, 6.07) is 13.0. The molecule has 0 radical (unpaired) electrons. The average molecular weight is 465 g/mol. The van der Waals surface area contributed by atoms with Crippen LogP contribution in [0.2, 0.25) is 0 Å². The van der Waals surface area contributed by atoms with E-state index in [0.29, 0.717) is 17.9 Å². The van der Waals surface area contributed by atoms with Crippen molar-refractivity contribution in [3.8, 4) is 0 Å². The number of hydrogen-bond acceptors (Lipinski definition) is 5. The van der Waals surface area contributed by atoms with Crippen LogP contribution in [-0.4, -0.2) is 50.9 Å². The molecule has 8 heteroatoms. The molecule has 2 aromatic carbocycles. The Morgan fingerprint density at radius 2 is 1.87 bits per heavy atom. The Morgan fingerprint density at radius 3 is 2.57 bits per heavy atom. The second kappa shape index (κ2) is 10.7. The maximum absolute atomic E-state index is 12.9. The normalized spacial score (nSPS) is 14.3. The number of rotatable bonds is 9. The van der Waals surface area contributed by atoms with E-state index in [1.54, 1.807) is 28.8 Å². The third kappa shape index (κ3) is 5.81. The summed E-state index contributed by atoms with van der Waals surface area (Å²) in [6.45, 7) is 3.90. The third-order valence-corrected chi connectivity index (χ3v) is 8.42. The minimum atomic E-state index is -3.66. The molecule has 1 fully saturated rings. The lowest BCUT2D eigenvalue weighted by Gasteiger charge is -2.18. The molecule has 0 spiro atoms. The molecule has 162 valence electrons. The summed E-state index contributed by atoms with van der Waals surface area (Å²) >= 11 is 3.16. The number of carbonyl (C=O) groups excluding carboxylic acids is 1. The van der Waals surface area contributed by atoms with Crippen molar-refractivity contribution < 1.29 is 13.2 Å². The molecule has 0 unspecified atom stereocenters. The number of amides is 1. The van der Waals surface area contributed by atoms with Gasteiger partial charge in [-0.05, 0) is 55.3 Å². The number of aryl methyl sites for hydroxylation is 1. The van der Waals surface area contributed by atoms with Crippen LogP contribution in [0.3, 0.4) is 0 Å². The largest absolute Gasteiger partial charge is 0.339 e. The first-order valence-electron chi connectivity index (χ1n) is 10.0. The zero-order valence-corrected chi connectivity index (χ0v) is 19.8. The van der Waals surface area contributed by atoms with Crippen molar-refractivity contribution in [3.63, 3.8) is 0 Å². The van der Waals surface area contributed by atoms with E-state index >= 15 is 0 Å². The predicted molar refractivity (Wildman–Crippen MR) is 126 cm³/mol. The molecule has 0 atom stereocenters. The van der Waals surface area contributed by atoms with Crippen LogP contribution in [0.25, 0.3) is 0 Å². The average Bonchev–Trinajstić information content (AvgIpc) is 3.28. The second-order valence-corrected chi connectivity index (χ2v) is 11.0. The molecule has 1 heterocycles. The van der Waals surface area contributed by atoms with Crippen molar-refractivity contribution in [3.05, 3.63) is 59.2 Å². The number of nitrogens with zero attached hydrogens (tertiary/aromatic N) is 1. The molecule has 0 aromatic heterocycles. The second-order valence-electron chi connectivity index (χ2n) is 7.24. The minimum Gasteiger partial charge on any atom is -0.339 e. The van der Waals surface area contributed by atoms with Gasteiger partial charge in [-0.3, -0.25) is 4.79 Å². The highest BCUT2D eigenvalue weighted by Crippen LogP contribution is 2.26. The lowest BCUT2D eigenvalue weighted by molar-refractivity contribution is 0.0789. The molecule has 0 aliphatic carbocycles. The van der Waals surface area contributed by atoms with E-state index in [4.69, 9.17) is 0 Å². The van der Waals surface area contributed by atoms with E-state index in [1.807, 2.05) is 18.4 Å². The first-order valence-corrected chi connectivity index (χ1v) is 13.9. The number of carbonyl (C=O) groups is 1. The Kier molecular flexibility index (Phi) is 8.27. The van der Waals surface area contributed by atoms with Crippen molar-refractivity contribution in [1.82, 2.24) is 9.62 Å². The summed E-state index contributed by atoms with van der Waals surface area (Å²) in [4.78, 5) is 15.6. The Bertz CT molecular complexity index is 987. The van der Waals surface area contributed by atoms with Crippen LogP contribution in [0.5, 0.6) is 0 Å². The van der Waals surface area contributed by atoms with Gasteiger partial charge < -0.3 is 4.90 Å². The number of hydrogen-bond donors (Lipinski definition) is 1. The zero-order chi connectivity index (χ0) is 21.6. The van der Waals surface area contributed by atoms with E-state index in [9.17, 15) is 13.2 Å². The van der Waals surface area contributed by atoms with Crippen LogP contribution in [0.1, 0.15) is 34.3 Å². The molecular formula is C22H28N2O3S3. The van der Waals surface area contributed by atoms with E-state index in [-0.39, 0.29) is 10.8 Å². The van der Waals surface area contributed by atoms with Crippen molar-refractivity contribution in [2.75, 3.05) is 31.6 Å². The smallest absolute Gasteiger partial charge is 0.255 e. The number of benzene rings is 2. The molecule has 0 bridgehead atoms. The predicted octanol–water partition coefficient (Wildman–Crippen LogP) is 4.16. The van der Waals surface area contributed by atoms with Gasteiger partial charge in [-0.25, -0.2) is 13.1 Å². The highest BCUT2D eigenvalue weighted by Gasteiger charge is 2.24. The number of nitrogens with one attached hydrogen (secondary N) is 1. The molecule has 1 aliphatic heterocycles. The fourth-order valence-electron chi connectivity index (χ4n) is 3.40. The molecule has 0 saturated carbocycles. The fraction of sp³-hybridized carbons (Fsp3) is 0.409. The first-order chi connectivity index (χ1) is 14.4. The molecular weight excluding hydrogens is 436 g/mol. The highest BCUT2D eigenvalue weighted by atomic mass is 32.2. The van der Waals surface area contributed by atoms with E-state index in [2.05, 4.69) is 23.8 Å². The van der Waals surface area contributed by atoms with E-state index < -0.39 is 10.0 Å². The third-order valence-electron chi connectivity index (χ3n) is 5.16. The quantitative estimate of drug-likeness (QED) is 0.446. The lowest BCUT2D eigenvalue weighted by Crippen LogP contribution is -2.29. The van der Waals surface area contributed by atoms with Crippen molar-refractivity contribution in [2.24, 2.45) is 0 Å². The van der Waals surface area contributed by atoms with Gasteiger partial charge in [0, 0.05) is 36.0 Å². The molecule has 1 amide bonds. The van der Waals surface area contributed by atoms with E-state index in [1.165, 1.54) is 29.0 Å². The first kappa shape index (κ1) is 23.2. The Hall–Kier alpha value is -1.48. The van der Waals surface area contributed by atoms with Gasteiger partial charge in [0.2, 0.25) is 10.0 Å². The van der Waals surface area contributed by atoms with Gasteiger partial charge in [-0.1, -0.05) is 24.3 Å². The van der Waals surface area contributed by atoms with Crippen LogP contribution >= 0.6 is 23.5 Å². The maximum Gasteiger partial charge on any atom is 0.255 e. The van der Waals surface area contributed by atoms with Crippen LogP contribution in [0.15, 0.2) is 52.3 Å². The Balaban J connectivity index is 1.61. The Morgan fingerprint density at radius 1 is 1.13 bits per heavy atom. The molecule has 1 saturated heterocycles.